The number of nitro groups is 1. The second-order valence-electron chi connectivity index (χ2n) is 5.43. The van der Waals surface area contributed by atoms with E-state index >= 15 is 0 Å². The number of nitro benzene ring substituents is 1. The second-order valence-corrected chi connectivity index (χ2v) is 5.43. The number of likely N-dealkylation sites (tertiary alicyclic amines) is 1. The Morgan fingerprint density at radius 3 is 2.70 bits per heavy atom. The molecular weight excluding hydrogens is 261 g/mol. The van der Waals surface area contributed by atoms with Gasteiger partial charge in [0.1, 0.15) is 11.5 Å². The quantitative estimate of drug-likeness (QED) is 0.666. The Bertz CT molecular complexity index is 501. The van der Waals surface area contributed by atoms with Crippen LogP contribution >= 0.6 is 0 Å². The lowest BCUT2D eigenvalue weighted by atomic mass is 10.1. The highest BCUT2D eigenvalue weighted by molar-refractivity contribution is 5.63. The molecule has 1 fully saturated rings. The maximum Gasteiger partial charge on any atom is 0.295 e. The Morgan fingerprint density at radius 2 is 2.10 bits per heavy atom. The first-order valence-electron chi connectivity index (χ1n) is 6.91. The zero-order valence-electron chi connectivity index (χ0n) is 11.9. The van der Waals surface area contributed by atoms with Crippen LogP contribution in [0.3, 0.4) is 0 Å². The van der Waals surface area contributed by atoms with Crippen LogP contribution in [0.1, 0.15) is 25.3 Å². The topological polar surface area (TPSA) is 58.4 Å². The average molecular weight is 281 g/mol. The largest absolute Gasteiger partial charge is 0.376 e. The molecule has 1 heterocycles. The molecule has 0 aliphatic carbocycles. The van der Waals surface area contributed by atoms with E-state index in [1.54, 1.807) is 6.92 Å². The van der Waals surface area contributed by atoms with Crippen LogP contribution < -0.4 is 5.32 Å². The third-order valence-corrected chi connectivity index (χ3v) is 3.61. The standard InChI is InChI=1S/C14H20FN3O2/c1-10-7-13(14(18(19)20)8-12(10)15)16-11(2)9-17-5-3-4-6-17/h7-8,11,16H,3-6,9H2,1-2H3. The number of anilines is 1. The predicted octanol–water partition coefficient (Wildman–Crippen LogP) is 2.94. The van der Waals surface area contributed by atoms with Gasteiger partial charge in [0.15, 0.2) is 0 Å². The van der Waals surface area contributed by atoms with Crippen LogP contribution in [0, 0.1) is 22.9 Å². The van der Waals surface area contributed by atoms with E-state index in [4.69, 9.17) is 0 Å². The maximum absolute atomic E-state index is 13.4. The van der Waals surface area contributed by atoms with Gasteiger partial charge in [0.25, 0.3) is 5.69 Å². The van der Waals surface area contributed by atoms with Gasteiger partial charge in [-0.05, 0) is 51.4 Å². The van der Waals surface area contributed by atoms with E-state index in [2.05, 4.69) is 10.2 Å². The van der Waals surface area contributed by atoms with Gasteiger partial charge in [0.2, 0.25) is 0 Å². The van der Waals surface area contributed by atoms with Gasteiger partial charge in [-0.3, -0.25) is 10.1 Å². The minimum absolute atomic E-state index is 0.0802. The summed E-state index contributed by atoms with van der Waals surface area (Å²) in [6, 6.07) is 2.57. The summed E-state index contributed by atoms with van der Waals surface area (Å²) >= 11 is 0. The first-order chi connectivity index (χ1) is 9.47. The molecule has 0 saturated carbocycles. The summed E-state index contributed by atoms with van der Waals surface area (Å²) < 4.78 is 13.4. The summed E-state index contributed by atoms with van der Waals surface area (Å²) in [5.74, 6) is -0.547. The van der Waals surface area contributed by atoms with Gasteiger partial charge in [0, 0.05) is 12.6 Å². The van der Waals surface area contributed by atoms with Crippen LogP contribution in [0.4, 0.5) is 15.8 Å². The summed E-state index contributed by atoms with van der Waals surface area (Å²) in [5, 5.41) is 14.1. The summed E-state index contributed by atoms with van der Waals surface area (Å²) in [6.07, 6.45) is 2.42. The number of rotatable bonds is 5. The van der Waals surface area contributed by atoms with E-state index in [0.717, 1.165) is 25.7 Å². The van der Waals surface area contributed by atoms with Crippen LogP contribution in [0.2, 0.25) is 0 Å². The highest BCUT2D eigenvalue weighted by atomic mass is 19.1. The fourth-order valence-electron chi connectivity index (χ4n) is 2.60. The van der Waals surface area contributed by atoms with Gasteiger partial charge < -0.3 is 10.2 Å². The van der Waals surface area contributed by atoms with Crippen molar-refractivity contribution < 1.29 is 9.31 Å². The van der Waals surface area contributed by atoms with Crippen molar-refractivity contribution >= 4 is 11.4 Å². The van der Waals surface area contributed by atoms with E-state index in [-0.39, 0.29) is 11.7 Å². The smallest absolute Gasteiger partial charge is 0.295 e. The molecule has 1 saturated heterocycles. The molecule has 2 rings (SSSR count). The van der Waals surface area contributed by atoms with Gasteiger partial charge in [0.05, 0.1) is 11.0 Å². The Kier molecular flexibility index (Phi) is 4.54. The second kappa shape index (κ2) is 6.17. The number of hydrogen-bond donors (Lipinski definition) is 1. The number of benzene rings is 1. The van der Waals surface area contributed by atoms with Gasteiger partial charge >= 0.3 is 0 Å². The monoisotopic (exact) mass is 281 g/mol. The summed E-state index contributed by atoms with van der Waals surface area (Å²) in [6.45, 7) is 6.59. The summed E-state index contributed by atoms with van der Waals surface area (Å²) in [7, 11) is 0. The number of aryl methyl sites for hydroxylation is 1. The summed E-state index contributed by atoms with van der Waals surface area (Å²) in [5.41, 5.74) is 0.591. The van der Waals surface area contributed by atoms with E-state index in [1.807, 2.05) is 6.92 Å². The van der Waals surface area contributed by atoms with Crippen molar-refractivity contribution in [2.24, 2.45) is 0 Å². The Balaban J connectivity index is 2.10. The fraction of sp³-hybridized carbons (Fsp3) is 0.571. The van der Waals surface area contributed by atoms with Gasteiger partial charge in [-0.25, -0.2) is 4.39 Å². The normalized spacial score (nSPS) is 17.1. The first kappa shape index (κ1) is 14.7. The van der Waals surface area contributed by atoms with Crippen molar-refractivity contribution in [3.8, 4) is 0 Å². The maximum atomic E-state index is 13.4. The van der Waals surface area contributed by atoms with Crippen molar-refractivity contribution in [1.82, 2.24) is 4.90 Å². The van der Waals surface area contributed by atoms with Crippen LogP contribution in [-0.2, 0) is 0 Å². The third kappa shape index (κ3) is 3.45. The molecule has 110 valence electrons. The first-order valence-corrected chi connectivity index (χ1v) is 6.91. The molecule has 5 nitrogen and oxygen atoms in total. The Morgan fingerprint density at radius 1 is 1.45 bits per heavy atom. The number of nitrogens with zero attached hydrogens (tertiary/aromatic N) is 2. The lowest BCUT2D eigenvalue weighted by molar-refractivity contribution is -0.384. The molecule has 1 aromatic rings. The van der Waals surface area contributed by atoms with Crippen molar-refractivity contribution in [3.63, 3.8) is 0 Å². The zero-order chi connectivity index (χ0) is 14.7. The Hall–Kier alpha value is -1.69. The average Bonchev–Trinajstić information content (AvgIpc) is 2.85. The lowest BCUT2D eigenvalue weighted by Gasteiger charge is -2.22. The van der Waals surface area contributed by atoms with E-state index < -0.39 is 10.7 Å². The molecule has 6 heteroatoms. The highest BCUT2D eigenvalue weighted by Gasteiger charge is 2.20. The molecule has 0 aromatic heterocycles. The van der Waals surface area contributed by atoms with Crippen molar-refractivity contribution in [2.75, 3.05) is 25.0 Å². The minimum atomic E-state index is -0.548. The molecule has 1 atom stereocenters. The van der Waals surface area contributed by atoms with Crippen molar-refractivity contribution in [1.29, 1.82) is 0 Å². The van der Waals surface area contributed by atoms with Crippen LogP contribution in [0.25, 0.3) is 0 Å². The van der Waals surface area contributed by atoms with Gasteiger partial charge in [-0.2, -0.15) is 0 Å². The molecule has 20 heavy (non-hydrogen) atoms. The molecule has 1 unspecified atom stereocenters. The summed E-state index contributed by atoms with van der Waals surface area (Å²) in [4.78, 5) is 12.8. The van der Waals surface area contributed by atoms with E-state index in [9.17, 15) is 14.5 Å². The molecule has 0 radical (unpaired) electrons. The van der Waals surface area contributed by atoms with Gasteiger partial charge in [-0.15, -0.1) is 0 Å². The molecule has 0 spiro atoms. The molecule has 1 aromatic carbocycles. The van der Waals surface area contributed by atoms with Crippen LogP contribution in [0.5, 0.6) is 0 Å². The molecule has 0 amide bonds. The predicted molar refractivity (Wildman–Crippen MR) is 76.6 cm³/mol. The number of hydrogen-bond acceptors (Lipinski definition) is 4. The zero-order valence-corrected chi connectivity index (χ0v) is 11.9. The van der Waals surface area contributed by atoms with E-state index in [1.165, 1.54) is 18.9 Å². The minimum Gasteiger partial charge on any atom is -0.376 e. The lowest BCUT2D eigenvalue weighted by Crippen LogP contribution is -2.33. The molecule has 1 N–H and O–H groups in total. The highest BCUT2D eigenvalue weighted by Crippen LogP contribution is 2.28. The Labute approximate surface area is 117 Å². The number of halogens is 1. The molecular formula is C14H20FN3O2. The van der Waals surface area contributed by atoms with Crippen LogP contribution in [0.15, 0.2) is 12.1 Å². The van der Waals surface area contributed by atoms with Crippen molar-refractivity contribution in [2.45, 2.75) is 32.7 Å². The molecule has 1 aliphatic rings. The van der Waals surface area contributed by atoms with Crippen molar-refractivity contribution in [3.05, 3.63) is 33.6 Å². The van der Waals surface area contributed by atoms with E-state index in [0.29, 0.717) is 11.3 Å². The fourth-order valence-corrected chi connectivity index (χ4v) is 2.60. The van der Waals surface area contributed by atoms with Crippen LogP contribution in [-0.4, -0.2) is 35.5 Å². The SMILES string of the molecule is Cc1cc(NC(C)CN2CCCC2)c([N+](=O)[O-])cc1F. The molecule has 0 bridgehead atoms. The molecule has 1 aliphatic heterocycles. The van der Waals surface area contributed by atoms with Gasteiger partial charge in [-0.1, -0.05) is 0 Å². The third-order valence-electron chi connectivity index (χ3n) is 3.61. The number of nitrogens with one attached hydrogen (secondary N) is 1.